The molecule has 0 amide bonds. The zero-order valence-corrected chi connectivity index (χ0v) is 11.9. The highest BCUT2D eigenvalue weighted by atomic mass is 35.5. The molecule has 2 unspecified atom stereocenters. The second-order valence-electron chi connectivity index (χ2n) is 4.95. The Balaban J connectivity index is 2.20. The van der Waals surface area contributed by atoms with Gasteiger partial charge in [0.05, 0.1) is 7.11 Å². The minimum atomic E-state index is -1.28. The monoisotopic (exact) mass is 283 g/mol. The third-order valence-electron chi connectivity index (χ3n) is 3.60. The molecule has 2 atom stereocenters. The lowest BCUT2D eigenvalue weighted by molar-refractivity contribution is -0.150. The number of halogens is 1. The van der Waals surface area contributed by atoms with Gasteiger partial charge in [-0.25, -0.2) is 4.79 Å². The highest BCUT2D eigenvalue weighted by molar-refractivity contribution is 6.31. The number of aliphatic hydroxyl groups is 1. The van der Waals surface area contributed by atoms with Gasteiger partial charge in [0.1, 0.15) is 0 Å². The molecule has 4 nitrogen and oxygen atoms in total. The van der Waals surface area contributed by atoms with E-state index in [-0.39, 0.29) is 0 Å². The van der Waals surface area contributed by atoms with Crippen LogP contribution in [0.3, 0.4) is 0 Å². The van der Waals surface area contributed by atoms with Crippen molar-refractivity contribution in [3.05, 3.63) is 34.3 Å². The van der Waals surface area contributed by atoms with Crippen LogP contribution in [0.4, 0.5) is 0 Å². The summed E-state index contributed by atoms with van der Waals surface area (Å²) in [4.78, 5) is 13.5. The number of carbonyl (C=O) groups is 1. The Morgan fingerprint density at radius 1 is 1.58 bits per heavy atom. The lowest BCUT2D eigenvalue weighted by Gasteiger charge is -2.15. The molecule has 0 spiro atoms. The van der Waals surface area contributed by atoms with Crippen molar-refractivity contribution in [2.45, 2.75) is 18.4 Å². The first kappa shape index (κ1) is 14.3. The number of ether oxygens (including phenoxy) is 1. The number of esters is 1. The second-order valence-corrected chi connectivity index (χ2v) is 5.36. The second kappa shape index (κ2) is 5.90. The number of likely N-dealkylation sites (N-methyl/N-ethyl adjacent to an activating group) is 1. The van der Waals surface area contributed by atoms with Crippen LogP contribution in [0.25, 0.3) is 0 Å². The van der Waals surface area contributed by atoms with Crippen molar-refractivity contribution in [2.75, 3.05) is 27.2 Å². The lowest BCUT2D eigenvalue weighted by atomic mass is 9.96. The van der Waals surface area contributed by atoms with Crippen molar-refractivity contribution in [1.82, 2.24) is 4.90 Å². The maximum absolute atomic E-state index is 11.3. The lowest BCUT2D eigenvalue weighted by Crippen LogP contribution is -2.14. The summed E-state index contributed by atoms with van der Waals surface area (Å²) in [6, 6.07) is 5.28. The van der Waals surface area contributed by atoms with Gasteiger partial charge in [0, 0.05) is 11.6 Å². The number of nitrogens with zero attached hydrogens (tertiary/aromatic N) is 1. The predicted octanol–water partition coefficient (Wildman–Crippen LogP) is 1.97. The van der Waals surface area contributed by atoms with Crippen molar-refractivity contribution in [3.8, 4) is 0 Å². The number of likely N-dealkylation sites (tertiary alicyclic amines) is 1. The van der Waals surface area contributed by atoms with Gasteiger partial charge in [-0.05, 0) is 43.1 Å². The molecular formula is C14H18ClNO3. The molecule has 0 aromatic heterocycles. The Bertz CT molecular complexity index is 478. The van der Waals surface area contributed by atoms with E-state index in [1.807, 2.05) is 6.07 Å². The van der Waals surface area contributed by atoms with Crippen molar-refractivity contribution in [1.29, 1.82) is 0 Å². The normalized spacial score (nSPS) is 21.4. The van der Waals surface area contributed by atoms with E-state index < -0.39 is 12.1 Å². The highest BCUT2D eigenvalue weighted by Gasteiger charge is 2.24. The van der Waals surface area contributed by atoms with Crippen molar-refractivity contribution in [3.63, 3.8) is 0 Å². The third-order valence-corrected chi connectivity index (χ3v) is 3.92. The van der Waals surface area contributed by atoms with Gasteiger partial charge in [-0.3, -0.25) is 0 Å². The molecule has 1 saturated heterocycles. The van der Waals surface area contributed by atoms with E-state index in [9.17, 15) is 9.90 Å². The number of hydrogen-bond acceptors (Lipinski definition) is 4. The minimum Gasteiger partial charge on any atom is -0.467 e. The SMILES string of the molecule is COC(=O)C(O)c1ccc(C2CCN(C)C2)c(Cl)c1. The maximum atomic E-state index is 11.3. The maximum Gasteiger partial charge on any atom is 0.339 e. The molecule has 1 fully saturated rings. The fraction of sp³-hybridized carbons (Fsp3) is 0.500. The van der Waals surface area contributed by atoms with E-state index in [4.69, 9.17) is 11.6 Å². The standard InChI is InChI=1S/C14H18ClNO3/c1-16-6-5-10(8-16)11-4-3-9(7-12(11)15)13(17)14(18)19-2/h3-4,7,10,13,17H,5-6,8H2,1-2H3. The van der Waals surface area contributed by atoms with Crippen LogP contribution in [0, 0.1) is 0 Å². The van der Waals surface area contributed by atoms with Crippen LogP contribution in [0.5, 0.6) is 0 Å². The van der Waals surface area contributed by atoms with E-state index in [2.05, 4.69) is 16.7 Å². The molecule has 1 aliphatic rings. The largest absolute Gasteiger partial charge is 0.467 e. The molecule has 0 radical (unpaired) electrons. The molecule has 5 heteroatoms. The number of carbonyl (C=O) groups excluding carboxylic acids is 1. The molecule has 1 aliphatic heterocycles. The quantitative estimate of drug-likeness (QED) is 0.862. The average molecular weight is 284 g/mol. The number of aliphatic hydroxyl groups excluding tert-OH is 1. The number of hydrogen-bond donors (Lipinski definition) is 1. The summed E-state index contributed by atoms with van der Waals surface area (Å²) in [5.74, 6) is -0.258. The Morgan fingerprint density at radius 3 is 2.84 bits per heavy atom. The van der Waals surface area contributed by atoms with Crippen molar-refractivity contribution >= 4 is 17.6 Å². The molecule has 1 aromatic carbocycles. The van der Waals surface area contributed by atoms with Crippen LogP contribution < -0.4 is 0 Å². The summed E-state index contributed by atoms with van der Waals surface area (Å²) < 4.78 is 4.51. The summed E-state index contributed by atoms with van der Waals surface area (Å²) >= 11 is 6.27. The number of methoxy groups -OCH3 is 1. The van der Waals surface area contributed by atoms with E-state index in [1.165, 1.54) is 7.11 Å². The van der Waals surface area contributed by atoms with E-state index >= 15 is 0 Å². The number of benzene rings is 1. The molecule has 1 N–H and O–H groups in total. The van der Waals surface area contributed by atoms with Crippen molar-refractivity contribution < 1.29 is 14.6 Å². The van der Waals surface area contributed by atoms with Crippen LogP contribution in [0.1, 0.15) is 29.6 Å². The van der Waals surface area contributed by atoms with Gasteiger partial charge < -0.3 is 14.7 Å². The van der Waals surface area contributed by atoms with Crippen LogP contribution in [-0.2, 0) is 9.53 Å². The topological polar surface area (TPSA) is 49.8 Å². The summed E-state index contributed by atoms with van der Waals surface area (Å²) in [5, 5.41) is 10.4. The summed E-state index contributed by atoms with van der Waals surface area (Å²) in [6.45, 7) is 2.05. The Hall–Kier alpha value is -1.10. The van der Waals surface area contributed by atoms with Crippen LogP contribution in [-0.4, -0.2) is 43.2 Å². The third kappa shape index (κ3) is 3.08. The predicted molar refractivity (Wildman–Crippen MR) is 73.3 cm³/mol. The fourth-order valence-electron chi connectivity index (χ4n) is 2.48. The van der Waals surface area contributed by atoms with E-state index in [0.29, 0.717) is 16.5 Å². The molecule has 0 saturated carbocycles. The van der Waals surface area contributed by atoms with E-state index in [1.54, 1.807) is 12.1 Å². The zero-order valence-electron chi connectivity index (χ0n) is 11.1. The minimum absolute atomic E-state index is 0.418. The Morgan fingerprint density at radius 2 is 2.32 bits per heavy atom. The van der Waals surface area contributed by atoms with Gasteiger partial charge in [0.25, 0.3) is 0 Å². The highest BCUT2D eigenvalue weighted by Crippen LogP contribution is 2.33. The van der Waals surface area contributed by atoms with Gasteiger partial charge in [-0.1, -0.05) is 23.7 Å². The fourth-order valence-corrected chi connectivity index (χ4v) is 2.82. The number of rotatable bonds is 3. The molecule has 0 aliphatic carbocycles. The van der Waals surface area contributed by atoms with Gasteiger partial charge in [0.15, 0.2) is 6.10 Å². The van der Waals surface area contributed by atoms with Crippen LogP contribution >= 0.6 is 11.6 Å². The Kier molecular flexibility index (Phi) is 4.45. The van der Waals surface area contributed by atoms with Gasteiger partial charge >= 0.3 is 5.97 Å². The summed E-state index contributed by atoms with van der Waals surface area (Å²) in [5.41, 5.74) is 1.54. The zero-order chi connectivity index (χ0) is 14.0. The first-order valence-corrected chi connectivity index (χ1v) is 6.64. The van der Waals surface area contributed by atoms with Gasteiger partial charge in [-0.2, -0.15) is 0 Å². The average Bonchev–Trinajstić information content (AvgIpc) is 2.83. The summed E-state index contributed by atoms with van der Waals surface area (Å²) in [6.07, 6.45) is -0.197. The Labute approximate surface area is 117 Å². The molecule has 1 heterocycles. The smallest absolute Gasteiger partial charge is 0.339 e. The molecule has 1 aromatic rings. The van der Waals surface area contributed by atoms with Crippen LogP contribution in [0.2, 0.25) is 5.02 Å². The molecule has 104 valence electrons. The van der Waals surface area contributed by atoms with Crippen molar-refractivity contribution in [2.24, 2.45) is 0 Å². The molecule has 2 rings (SSSR count). The first-order chi connectivity index (χ1) is 9.02. The summed E-state index contributed by atoms with van der Waals surface area (Å²) in [7, 11) is 3.33. The molecule has 19 heavy (non-hydrogen) atoms. The van der Waals surface area contributed by atoms with Crippen LogP contribution in [0.15, 0.2) is 18.2 Å². The first-order valence-electron chi connectivity index (χ1n) is 6.26. The molecule has 0 bridgehead atoms. The molecular weight excluding hydrogens is 266 g/mol. The van der Waals surface area contributed by atoms with E-state index in [0.717, 1.165) is 25.1 Å². The van der Waals surface area contributed by atoms with Gasteiger partial charge in [0.2, 0.25) is 0 Å². The van der Waals surface area contributed by atoms with Gasteiger partial charge in [-0.15, -0.1) is 0 Å².